The molecule has 0 saturated carbocycles. The summed E-state index contributed by atoms with van der Waals surface area (Å²) in [4.78, 5) is 27.2. The molecular formula is C25H29NO6. The average Bonchev–Trinajstić information content (AvgIpc) is 3.05. The van der Waals surface area contributed by atoms with E-state index in [0.29, 0.717) is 43.1 Å². The van der Waals surface area contributed by atoms with Gasteiger partial charge in [0.05, 0.1) is 18.2 Å². The molecule has 1 saturated heterocycles. The van der Waals surface area contributed by atoms with E-state index in [1.54, 1.807) is 43.5 Å². The van der Waals surface area contributed by atoms with Crippen LogP contribution in [0.5, 0.6) is 11.5 Å². The monoisotopic (exact) mass is 439 g/mol. The molecule has 7 nitrogen and oxygen atoms in total. The number of aromatic hydroxyl groups is 1. The molecule has 0 spiro atoms. The highest BCUT2D eigenvalue weighted by atomic mass is 16.5. The third-order valence-corrected chi connectivity index (χ3v) is 5.39. The fourth-order valence-corrected chi connectivity index (χ4v) is 3.69. The number of likely N-dealkylation sites (tertiary alicyclic amines) is 1. The summed E-state index contributed by atoms with van der Waals surface area (Å²) in [6.45, 7) is 3.42. The summed E-state index contributed by atoms with van der Waals surface area (Å²) < 4.78 is 10.7. The van der Waals surface area contributed by atoms with Crippen LogP contribution in [-0.4, -0.2) is 53.7 Å². The Morgan fingerprint density at radius 3 is 2.31 bits per heavy atom. The molecule has 7 heteroatoms. The molecule has 0 aromatic heterocycles. The number of aliphatic hydroxyl groups is 1. The number of phenolic OH excluding ortho intramolecular Hbond substituents is 1. The number of ether oxygens (including phenoxy) is 2. The third kappa shape index (κ3) is 5.11. The molecule has 2 aromatic carbocycles. The van der Waals surface area contributed by atoms with Crippen LogP contribution >= 0.6 is 0 Å². The molecule has 1 fully saturated rings. The Bertz CT molecular complexity index is 965. The number of hydrogen-bond acceptors (Lipinski definition) is 6. The first-order valence-corrected chi connectivity index (χ1v) is 10.8. The van der Waals surface area contributed by atoms with Crippen LogP contribution in [0.15, 0.2) is 54.1 Å². The number of amides is 1. The van der Waals surface area contributed by atoms with Gasteiger partial charge in [0.25, 0.3) is 11.7 Å². The van der Waals surface area contributed by atoms with Gasteiger partial charge < -0.3 is 24.6 Å². The largest absolute Gasteiger partial charge is 0.508 e. The van der Waals surface area contributed by atoms with Crippen LogP contribution in [0.1, 0.15) is 43.4 Å². The van der Waals surface area contributed by atoms with E-state index in [-0.39, 0.29) is 17.1 Å². The predicted molar refractivity (Wildman–Crippen MR) is 120 cm³/mol. The standard InChI is InChI=1S/C25H29NO6/c1-3-4-16-32-20-12-8-18(9-13-20)23(28)21-22(17-6-10-19(27)11-7-17)26(14-5-15-31-2)25(30)24(21)29/h6-13,22,27-28H,3-5,14-16H2,1-2H3/t22-/m1/s1. The molecular weight excluding hydrogens is 410 g/mol. The van der Waals surface area contributed by atoms with Crippen molar-refractivity contribution in [2.75, 3.05) is 26.9 Å². The first-order chi connectivity index (χ1) is 15.5. The Balaban J connectivity index is 1.98. The number of unbranched alkanes of at least 4 members (excludes halogenated alkanes) is 1. The molecule has 0 radical (unpaired) electrons. The minimum atomic E-state index is -0.757. The fraction of sp³-hybridized carbons (Fsp3) is 0.360. The summed E-state index contributed by atoms with van der Waals surface area (Å²) in [5, 5.41) is 20.7. The average molecular weight is 440 g/mol. The maximum absolute atomic E-state index is 12.9. The first kappa shape index (κ1) is 23.3. The minimum absolute atomic E-state index is 0.0257. The van der Waals surface area contributed by atoms with Crippen LogP contribution < -0.4 is 4.74 Å². The Kier molecular flexibility index (Phi) is 7.89. The molecule has 1 aliphatic rings. The van der Waals surface area contributed by atoms with Crippen molar-refractivity contribution in [3.05, 3.63) is 65.2 Å². The number of methoxy groups -OCH3 is 1. The van der Waals surface area contributed by atoms with Crippen LogP contribution in [0.4, 0.5) is 0 Å². The number of rotatable bonds is 10. The van der Waals surface area contributed by atoms with E-state index in [9.17, 15) is 19.8 Å². The molecule has 1 atom stereocenters. The van der Waals surface area contributed by atoms with Gasteiger partial charge in [0.15, 0.2) is 0 Å². The Labute approximate surface area is 187 Å². The smallest absolute Gasteiger partial charge is 0.295 e. The molecule has 0 aliphatic carbocycles. The van der Waals surface area contributed by atoms with Gasteiger partial charge in [0.2, 0.25) is 0 Å². The number of Topliss-reactive ketones (excluding diaryl/α,β-unsaturated/α-hetero) is 1. The summed E-state index contributed by atoms with van der Waals surface area (Å²) >= 11 is 0. The van der Waals surface area contributed by atoms with Gasteiger partial charge in [-0.15, -0.1) is 0 Å². The lowest BCUT2D eigenvalue weighted by Gasteiger charge is -2.25. The number of aliphatic hydroxyl groups excluding tert-OH is 1. The highest BCUT2D eigenvalue weighted by Crippen LogP contribution is 2.40. The van der Waals surface area contributed by atoms with Crippen molar-refractivity contribution < 1.29 is 29.3 Å². The van der Waals surface area contributed by atoms with Gasteiger partial charge in [-0.2, -0.15) is 0 Å². The molecule has 2 N–H and O–H groups in total. The molecule has 170 valence electrons. The van der Waals surface area contributed by atoms with Crippen molar-refractivity contribution in [1.29, 1.82) is 0 Å². The highest BCUT2D eigenvalue weighted by Gasteiger charge is 2.45. The third-order valence-electron chi connectivity index (χ3n) is 5.39. The summed E-state index contributed by atoms with van der Waals surface area (Å²) in [5.74, 6) is -0.897. The highest BCUT2D eigenvalue weighted by molar-refractivity contribution is 6.46. The number of benzene rings is 2. The van der Waals surface area contributed by atoms with Crippen molar-refractivity contribution in [3.63, 3.8) is 0 Å². The van der Waals surface area contributed by atoms with Crippen LogP contribution in [0.25, 0.3) is 5.76 Å². The van der Waals surface area contributed by atoms with Crippen molar-refractivity contribution in [1.82, 2.24) is 4.90 Å². The van der Waals surface area contributed by atoms with Gasteiger partial charge in [-0.25, -0.2) is 0 Å². The quantitative estimate of drug-likeness (QED) is 0.251. The van der Waals surface area contributed by atoms with Crippen molar-refractivity contribution in [2.24, 2.45) is 0 Å². The molecule has 1 aliphatic heterocycles. The second-order valence-corrected chi connectivity index (χ2v) is 7.66. The van der Waals surface area contributed by atoms with Gasteiger partial charge in [-0.3, -0.25) is 9.59 Å². The Morgan fingerprint density at radius 2 is 1.69 bits per heavy atom. The zero-order chi connectivity index (χ0) is 23.1. The topological polar surface area (TPSA) is 96.3 Å². The van der Waals surface area contributed by atoms with Crippen LogP contribution in [0.3, 0.4) is 0 Å². The van der Waals surface area contributed by atoms with E-state index < -0.39 is 17.7 Å². The van der Waals surface area contributed by atoms with E-state index in [1.165, 1.54) is 17.0 Å². The minimum Gasteiger partial charge on any atom is -0.508 e. The Hall–Kier alpha value is -3.32. The lowest BCUT2D eigenvalue weighted by atomic mass is 9.95. The summed E-state index contributed by atoms with van der Waals surface area (Å²) in [5.41, 5.74) is 1.07. The molecule has 1 amide bonds. The van der Waals surface area contributed by atoms with Crippen LogP contribution in [0.2, 0.25) is 0 Å². The molecule has 0 bridgehead atoms. The van der Waals surface area contributed by atoms with E-state index >= 15 is 0 Å². The number of ketones is 1. The van der Waals surface area contributed by atoms with Crippen LogP contribution in [0, 0.1) is 0 Å². The van der Waals surface area contributed by atoms with E-state index in [2.05, 4.69) is 6.92 Å². The summed E-state index contributed by atoms with van der Waals surface area (Å²) in [6.07, 6.45) is 2.52. The molecule has 2 aromatic rings. The first-order valence-electron chi connectivity index (χ1n) is 10.8. The van der Waals surface area contributed by atoms with Crippen molar-refractivity contribution in [3.8, 4) is 11.5 Å². The van der Waals surface area contributed by atoms with Crippen LogP contribution in [-0.2, 0) is 14.3 Å². The maximum Gasteiger partial charge on any atom is 0.295 e. The predicted octanol–water partition coefficient (Wildman–Crippen LogP) is 4.03. The number of carbonyl (C=O) groups is 2. The fourth-order valence-electron chi connectivity index (χ4n) is 3.69. The van der Waals surface area contributed by atoms with E-state index in [1.807, 2.05) is 0 Å². The summed E-state index contributed by atoms with van der Waals surface area (Å²) in [6, 6.07) is 12.3. The normalized spacial score (nSPS) is 17.7. The summed E-state index contributed by atoms with van der Waals surface area (Å²) in [7, 11) is 1.57. The lowest BCUT2D eigenvalue weighted by molar-refractivity contribution is -0.140. The van der Waals surface area contributed by atoms with Gasteiger partial charge in [-0.05, 0) is 54.8 Å². The van der Waals surface area contributed by atoms with E-state index in [4.69, 9.17) is 9.47 Å². The number of nitrogens with zero attached hydrogens (tertiary/aromatic N) is 1. The SMILES string of the molecule is CCCCOc1ccc(C(O)=C2C(=O)C(=O)N(CCCOC)[C@@H]2c2ccc(O)cc2)cc1. The van der Waals surface area contributed by atoms with Crippen molar-refractivity contribution >= 4 is 17.4 Å². The number of hydrogen-bond donors (Lipinski definition) is 2. The number of carbonyl (C=O) groups excluding carboxylic acids is 2. The second kappa shape index (κ2) is 10.8. The lowest BCUT2D eigenvalue weighted by Crippen LogP contribution is -2.31. The Morgan fingerprint density at radius 1 is 1.00 bits per heavy atom. The van der Waals surface area contributed by atoms with E-state index in [0.717, 1.165) is 12.8 Å². The van der Waals surface area contributed by atoms with Gasteiger partial charge in [0.1, 0.15) is 17.3 Å². The second-order valence-electron chi connectivity index (χ2n) is 7.66. The number of phenols is 1. The molecule has 1 heterocycles. The van der Waals surface area contributed by atoms with Gasteiger partial charge in [-0.1, -0.05) is 25.5 Å². The van der Waals surface area contributed by atoms with Gasteiger partial charge >= 0.3 is 0 Å². The zero-order valence-electron chi connectivity index (χ0n) is 18.4. The molecule has 0 unspecified atom stereocenters. The molecule has 32 heavy (non-hydrogen) atoms. The van der Waals surface area contributed by atoms with Crippen molar-refractivity contribution in [2.45, 2.75) is 32.2 Å². The zero-order valence-corrected chi connectivity index (χ0v) is 18.4. The maximum atomic E-state index is 12.9. The van der Waals surface area contributed by atoms with Gasteiger partial charge in [0, 0.05) is 25.8 Å². The molecule has 3 rings (SSSR count).